The second-order valence-electron chi connectivity index (χ2n) is 10.1. The summed E-state index contributed by atoms with van der Waals surface area (Å²) in [7, 11) is 0. The van der Waals surface area contributed by atoms with Crippen molar-refractivity contribution in [2.45, 2.75) is 18.7 Å². The number of carbonyl (C=O) groups excluding carboxylic acids is 3. The lowest BCUT2D eigenvalue weighted by molar-refractivity contribution is -0.143. The van der Waals surface area contributed by atoms with Crippen molar-refractivity contribution in [3.8, 4) is 23.0 Å². The number of esters is 1. The normalized spacial score (nSPS) is 15.9. The molecule has 0 bridgehead atoms. The van der Waals surface area contributed by atoms with Crippen LogP contribution in [0.2, 0.25) is 0 Å². The lowest BCUT2D eigenvalue weighted by Crippen LogP contribution is -2.36. The minimum Gasteiger partial charge on any atom is -0.507 e. The monoisotopic (exact) mass is 622 g/mol. The summed E-state index contributed by atoms with van der Waals surface area (Å²) in [6.45, 7) is -2.37. The Balaban J connectivity index is 1.75. The average molecular weight is 623 g/mol. The summed E-state index contributed by atoms with van der Waals surface area (Å²) < 4.78 is 22.2. The highest BCUT2D eigenvalue weighted by molar-refractivity contribution is 5.97. The molecule has 5 rings (SSSR count). The Morgan fingerprint density at radius 1 is 0.756 bits per heavy atom. The number of rotatable bonds is 14. The van der Waals surface area contributed by atoms with E-state index in [0.717, 1.165) is 4.90 Å². The second-order valence-corrected chi connectivity index (χ2v) is 10.1. The highest BCUT2D eigenvalue weighted by Gasteiger charge is 2.54. The van der Waals surface area contributed by atoms with Gasteiger partial charge in [-0.05, 0) is 30.3 Å². The minimum absolute atomic E-state index is 0.0137. The van der Waals surface area contributed by atoms with Crippen molar-refractivity contribution in [2.24, 2.45) is 0 Å². The molecule has 1 spiro atoms. The second kappa shape index (κ2) is 12.5. The number of ether oxygens (including phenoxy) is 4. The van der Waals surface area contributed by atoms with Crippen LogP contribution in [0.5, 0.6) is 23.0 Å². The first-order chi connectivity index (χ1) is 21.6. The molecule has 3 aromatic carbocycles. The first-order valence-corrected chi connectivity index (χ1v) is 13.3. The molecule has 2 aliphatic rings. The van der Waals surface area contributed by atoms with Crippen LogP contribution < -0.4 is 4.74 Å². The predicted molar refractivity (Wildman–Crippen MR) is 148 cm³/mol. The molecule has 15 nitrogen and oxygen atoms in total. The van der Waals surface area contributed by atoms with Crippen molar-refractivity contribution in [2.75, 3.05) is 26.6 Å². The maximum atomic E-state index is 13.3. The van der Waals surface area contributed by atoms with Gasteiger partial charge < -0.3 is 39.4 Å². The van der Waals surface area contributed by atoms with Gasteiger partial charge >= 0.3 is 17.9 Å². The van der Waals surface area contributed by atoms with Gasteiger partial charge in [0, 0.05) is 29.8 Å². The Morgan fingerprint density at radius 3 is 1.78 bits per heavy atom. The van der Waals surface area contributed by atoms with E-state index >= 15 is 0 Å². The molecule has 4 N–H and O–H groups in total. The molecule has 15 heteroatoms. The molecule has 45 heavy (non-hydrogen) atoms. The van der Waals surface area contributed by atoms with E-state index in [1.807, 2.05) is 0 Å². The predicted octanol–water partition coefficient (Wildman–Crippen LogP) is 1.70. The molecule has 2 heterocycles. The van der Waals surface area contributed by atoms with Crippen molar-refractivity contribution < 1.29 is 63.3 Å². The van der Waals surface area contributed by atoms with E-state index in [9.17, 15) is 44.4 Å². The van der Waals surface area contributed by atoms with Crippen LogP contribution in [0, 0.1) is 0 Å². The summed E-state index contributed by atoms with van der Waals surface area (Å²) in [6, 6.07) is 12.2. The van der Waals surface area contributed by atoms with E-state index in [4.69, 9.17) is 18.9 Å². The van der Waals surface area contributed by atoms with Gasteiger partial charge in [0.15, 0.2) is 5.60 Å². The largest absolute Gasteiger partial charge is 0.507 e. The molecule has 0 radical (unpaired) electrons. The van der Waals surface area contributed by atoms with Crippen LogP contribution in [-0.4, -0.2) is 87.6 Å². The number of fused-ring (bicyclic) bond motifs is 6. The van der Waals surface area contributed by atoms with Gasteiger partial charge in [-0.2, -0.15) is 0 Å². The summed E-state index contributed by atoms with van der Waals surface area (Å²) in [6.07, 6.45) is 0. The molecule has 3 aromatic rings. The zero-order chi connectivity index (χ0) is 32.3. The molecule has 1 atom stereocenters. The molecule has 234 valence electrons. The number of phenols is 2. The van der Waals surface area contributed by atoms with E-state index in [-0.39, 0.29) is 83.8 Å². The maximum Gasteiger partial charge on any atom is 0.340 e. The lowest BCUT2D eigenvalue weighted by atomic mass is 9.76. The van der Waals surface area contributed by atoms with Crippen LogP contribution in [0.3, 0.4) is 0 Å². The summed E-state index contributed by atoms with van der Waals surface area (Å²) in [4.78, 5) is 60.6. The maximum absolute atomic E-state index is 13.3. The van der Waals surface area contributed by atoms with E-state index < -0.39 is 43.1 Å². The topological polar surface area (TPSA) is 210 Å². The van der Waals surface area contributed by atoms with Gasteiger partial charge in [0.05, 0.1) is 29.8 Å². The van der Waals surface area contributed by atoms with Gasteiger partial charge in [0.1, 0.15) is 36.5 Å². The quantitative estimate of drug-likeness (QED) is 0.0873. The third-order valence-electron chi connectivity index (χ3n) is 7.34. The summed E-state index contributed by atoms with van der Waals surface area (Å²) in [5.74, 6) is -4.07. The molecule has 0 aromatic heterocycles. The van der Waals surface area contributed by atoms with Crippen molar-refractivity contribution in [3.05, 3.63) is 81.9 Å². The molecular weight excluding hydrogens is 596 g/mol. The molecule has 1 unspecified atom stereocenters. The third kappa shape index (κ3) is 5.69. The zero-order valence-corrected chi connectivity index (χ0v) is 23.4. The summed E-state index contributed by atoms with van der Waals surface area (Å²) in [5.41, 5.74) is -0.446. The Bertz CT molecular complexity index is 1660. The number of aromatic hydroxyl groups is 2. The highest BCUT2D eigenvalue weighted by atomic mass is 16.6. The number of benzene rings is 3. The molecule has 0 saturated heterocycles. The molecule has 0 fully saturated rings. The minimum atomic E-state index is -1.69. The third-order valence-corrected chi connectivity index (χ3v) is 7.34. The van der Waals surface area contributed by atoms with E-state index in [1.165, 1.54) is 29.2 Å². The van der Waals surface area contributed by atoms with E-state index in [2.05, 4.69) is 0 Å². The van der Waals surface area contributed by atoms with E-state index in [0.29, 0.717) is 5.56 Å². The Labute approximate surface area is 254 Å². The van der Waals surface area contributed by atoms with Crippen molar-refractivity contribution in [3.63, 3.8) is 0 Å². The molecule has 0 amide bonds. The van der Waals surface area contributed by atoms with Crippen LogP contribution in [0.25, 0.3) is 0 Å². The van der Waals surface area contributed by atoms with Crippen LogP contribution in [0.15, 0.2) is 48.5 Å². The smallest absolute Gasteiger partial charge is 0.340 e. The fraction of sp³-hybridized carbons (Fsp3) is 0.233. The fourth-order valence-corrected chi connectivity index (χ4v) is 5.59. The summed E-state index contributed by atoms with van der Waals surface area (Å²) >= 11 is 0. The number of carboxylic acids is 2. The fourth-order valence-electron chi connectivity index (χ4n) is 5.59. The highest BCUT2D eigenvalue weighted by Crippen LogP contribution is 2.59. The van der Waals surface area contributed by atoms with Crippen molar-refractivity contribution in [1.29, 1.82) is 0 Å². The van der Waals surface area contributed by atoms with Gasteiger partial charge in [-0.1, -0.05) is 18.2 Å². The number of carboxylic acid groups (broad SMARTS) is 2. The first-order valence-electron chi connectivity index (χ1n) is 13.3. The number of hydrogen-bond donors (Lipinski definition) is 4. The summed E-state index contributed by atoms with van der Waals surface area (Å²) in [5, 5.41) is 40.9. The average Bonchev–Trinajstić information content (AvgIpc) is 3.29. The molecule has 2 aliphatic heterocycles. The van der Waals surface area contributed by atoms with Crippen LogP contribution in [0.1, 0.15) is 38.2 Å². The molecular formula is C30H26N2O13. The zero-order valence-electron chi connectivity index (χ0n) is 23.4. The van der Waals surface area contributed by atoms with Gasteiger partial charge in [-0.25, -0.2) is 9.69 Å². The van der Waals surface area contributed by atoms with Crippen molar-refractivity contribution >= 4 is 30.9 Å². The Morgan fingerprint density at radius 2 is 1.27 bits per heavy atom. The van der Waals surface area contributed by atoms with Crippen LogP contribution in [0.4, 0.5) is 0 Å². The van der Waals surface area contributed by atoms with Gasteiger partial charge in [0.2, 0.25) is 0 Å². The number of phenolic OH excluding ortho intramolecular Hbond substituents is 2. The lowest BCUT2D eigenvalue weighted by Gasteiger charge is -2.39. The number of carbonyl (C=O) groups is 5. The first kappa shape index (κ1) is 30.8. The number of aliphatic carboxylic acids is 2. The SMILES string of the molecule is O=COCN(COC=O)Cc1c(O)ccc2c1Oc1c(ccc(O)c1CN(CC(=O)O)CC(=O)O)C21OC(=O)c2ccccc21. The van der Waals surface area contributed by atoms with Crippen molar-refractivity contribution in [1.82, 2.24) is 9.80 Å². The van der Waals surface area contributed by atoms with E-state index in [1.54, 1.807) is 24.3 Å². The number of hydrogen-bond acceptors (Lipinski definition) is 13. The van der Waals surface area contributed by atoms with Gasteiger partial charge in [-0.15, -0.1) is 0 Å². The molecule has 0 aliphatic carbocycles. The standard InChI is InChI=1S/C30H26N2O13/c33-15-42-13-32(14-43-16-34)10-19-24(36)8-6-22-28(19)44-27-18(9-31(11-25(37)38)12-26(39)40)23(35)7-5-21(27)30(22)20-4-2-1-3-17(20)29(41)45-30/h1-8,15-16,35-36H,9-14H2,(H,37,38)(H,39,40). The Hall–Kier alpha value is -5.67. The Kier molecular flexibility index (Phi) is 8.56. The van der Waals surface area contributed by atoms with Gasteiger partial charge in [0.25, 0.3) is 12.9 Å². The van der Waals surface area contributed by atoms with Crippen LogP contribution >= 0.6 is 0 Å². The number of nitrogens with zero attached hydrogens (tertiary/aromatic N) is 2. The molecule has 0 saturated carbocycles. The van der Waals surface area contributed by atoms with Crippen LogP contribution in [-0.2, 0) is 52.1 Å². The van der Waals surface area contributed by atoms with Gasteiger partial charge in [-0.3, -0.25) is 24.1 Å².